The van der Waals surface area contributed by atoms with Crippen molar-refractivity contribution in [3.63, 3.8) is 0 Å². The van der Waals surface area contributed by atoms with Gasteiger partial charge in [-0.3, -0.25) is 4.79 Å². The molecule has 0 atom stereocenters. The van der Waals surface area contributed by atoms with Gasteiger partial charge in [0.15, 0.2) is 0 Å². The van der Waals surface area contributed by atoms with Crippen molar-refractivity contribution < 1.29 is 9.53 Å². The maximum atomic E-state index is 12.1. The third-order valence-electron chi connectivity index (χ3n) is 3.90. The summed E-state index contributed by atoms with van der Waals surface area (Å²) in [7, 11) is 1.65. The van der Waals surface area contributed by atoms with Gasteiger partial charge >= 0.3 is 0 Å². The predicted octanol–water partition coefficient (Wildman–Crippen LogP) is 2.55. The normalized spacial score (nSPS) is 10.8. The lowest BCUT2D eigenvalue weighted by Crippen LogP contribution is -2.27. The number of aromatic nitrogens is 2. The summed E-state index contributed by atoms with van der Waals surface area (Å²) in [5.41, 5.74) is 3.97. The van der Waals surface area contributed by atoms with Crippen molar-refractivity contribution in [2.45, 2.75) is 19.8 Å². The van der Waals surface area contributed by atoms with E-state index in [-0.39, 0.29) is 5.91 Å². The van der Waals surface area contributed by atoms with Gasteiger partial charge in [0, 0.05) is 18.9 Å². The Kier molecular flexibility index (Phi) is 4.79. The van der Waals surface area contributed by atoms with Gasteiger partial charge < -0.3 is 14.5 Å². The quantitative estimate of drug-likeness (QED) is 0.758. The molecule has 2 aromatic heterocycles. The van der Waals surface area contributed by atoms with E-state index in [1.165, 1.54) is 5.56 Å². The van der Waals surface area contributed by atoms with Crippen LogP contribution in [0.5, 0.6) is 5.75 Å². The van der Waals surface area contributed by atoms with Gasteiger partial charge in [-0.05, 0) is 48.7 Å². The molecule has 0 spiro atoms. The Labute approximate surface area is 141 Å². The fourth-order valence-electron chi connectivity index (χ4n) is 2.59. The number of fused-ring (bicyclic) bond motifs is 1. The zero-order valence-corrected chi connectivity index (χ0v) is 14.0. The van der Waals surface area contributed by atoms with Crippen LogP contribution in [0, 0.1) is 6.92 Å². The Morgan fingerprint density at radius 2 is 2.04 bits per heavy atom. The number of pyridine rings is 1. The molecule has 0 saturated heterocycles. The Bertz CT molecular complexity index is 837. The molecular formula is C19H21N3O2. The number of amides is 1. The number of carbonyl (C=O) groups excluding carboxylic acids is 1. The molecule has 124 valence electrons. The van der Waals surface area contributed by atoms with E-state index >= 15 is 0 Å². The zero-order valence-electron chi connectivity index (χ0n) is 14.0. The van der Waals surface area contributed by atoms with Gasteiger partial charge in [0.25, 0.3) is 0 Å². The number of aryl methyl sites for hydroxylation is 1. The van der Waals surface area contributed by atoms with E-state index in [0.717, 1.165) is 29.1 Å². The number of methoxy groups -OCH3 is 1. The van der Waals surface area contributed by atoms with E-state index in [1.54, 1.807) is 7.11 Å². The van der Waals surface area contributed by atoms with Crippen molar-refractivity contribution >= 4 is 11.6 Å². The molecule has 1 amide bonds. The topological polar surface area (TPSA) is 55.6 Å². The monoisotopic (exact) mass is 323 g/mol. The Morgan fingerprint density at radius 3 is 2.79 bits per heavy atom. The van der Waals surface area contributed by atoms with Crippen molar-refractivity contribution in [2.24, 2.45) is 0 Å². The average Bonchev–Trinajstić information content (AvgIpc) is 2.96. The number of hydrogen-bond donors (Lipinski definition) is 1. The highest BCUT2D eigenvalue weighted by Crippen LogP contribution is 2.11. The zero-order chi connectivity index (χ0) is 16.9. The molecule has 0 aliphatic heterocycles. The molecule has 0 radical (unpaired) electrons. The Morgan fingerprint density at radius 1 is 1.25 bits per heavy atom. The fraction of sp³-hybridized carbons (Fsp3) is 0.263. The second-order valence-electron chi connectivity index (χ2n) is 5.83. The van der Waals surface area contributed by atoms with Crippen molar-refractivity contribution in [1.82, 2.24) is 14.7 Å². The predicted molar refractivity (Wildman–Crippen MR) is 93.3 cm³/mol. The third kappa shape index (κ3) is 3.93. The highest BCUT2D eigenvalue weighted by atomic mass is 16.5. The summed E-state index contributed by atoms with van der Waals surface area (Å²) >= 11 is 0. The minimum absolute atomic E-state index is 0.0105. The lowest BCUT2D eigenvalue weighted by molar-refractivity contribution is -0.120. The number of nitrogens with zero attached hydrogens (tertiary/aromatic N) is 2. The standard InChI is InChI=1S/C19H21N3O2/c1-14-8-10-22-13-16(21-18(22)11-14)12-19(23)20-9-7-15-3-5-17(24-2)6-4-15/h3-6,8,10-11,13H,7,9,12H2,1-2H3,(H,20,23). The highest BCUT2D eigenvalue weighted by molar-refractivity contribution is 5.78. The average molecular weight is 323 g/mol. The molecule has 1 aromatic carbocycles. The van der Waals surface area contributed by atoms with E-state index in [9.17, 15) is 4.79 Å². The van der Waals surface area contributed by atoms with Gasteiger partial charge in [0.05, 0.1) is 19.2 Å². The van der Waals surface area contributed by atoms with Crippen LogP contribution in [0.3, 0.4) is 0 Å². The minimum Gasteiger partial charge on any atom is -0.497 e. The molecular weight excluding hydrogens is 302 g/mol. The van der Waals surface area contributed by atoms with Gasteiger partial charge in [-0.15, -0.1) is 0 Å². The summed E-state index contributed by atoms with van der Waals surface area (Å²) in [6.45, 7) is 2.64. The number of ether oxygens (including phenoxy) is 1. The van der Waals surface area contributed by atoms with Crippen LogP contribution in [-0.2, 0) is 17.6 Å². The Hall–Kier alpha value is -2.82. The van der Waals surface area contributed by atoms with E-state index in [4.69, 9.17) is 4.74 Å². The summed E-state index contributed by atoms with van der Waals surface area (Å²) in [5, 5.41) is 2.94. The molecule has 3 rings (SSSR count). The molecule has 0 saturated carbocycles. The molecule has 5 nitrogen and oxygen atoms in total. The van der Waals surface area contributed by atoms with Crippen LogP contribution in [0.15, 0.2) is 48.8 Å². The first-order chi connectivity index (χ1) is 11.6. The summed E-state index contributed by atoms with van der Waals surface area (Å²) < 4.78 is 7.07. The van der Waals surface area contributed by atoms with Crippen molar-refractivity contribution in [3.05, 3.63) is 65.6 Å². The number of nitrogens with one attached hydrogen (secondary N) is 1. The van der Waals surface area contributed by atoms with Gasteiger partial charge in [-0.2, -0.15) is 0 Å². The van der Waals surface area contributed by atoms with Crippen molar-refractivity contribution in [1.29, 1.82) is 0 Å². The molecule has 5 heteroatoms. The smallest absolute Gasteiger partial charge is 0.226 e. The van der Waals surface area contributed by atoms with Crippen LogP contribution < -0.4 is 10.1 Å². The van der Waals surface area contributed by atoms with Crippen molar-refractivity contribution in [3.8, 4) is 5.75 Å². The first-order valence-electron chi connectivity index (χ1n) is 7.98. The number of hydrogen-bond acceptors (Lipinski definition) is 3. The van der Waals surface area contributed by atoms with Crippen molar-refractivity contribution in [2.75, 3.05) is 13.7 Å². The maximum Gasteiger partial charge on any atom is 0.226 e. The summed E-state index contributed by atoms with van der Waals surface area (Å²) in [4.78, 5) is 16.6. The number of imidazole rings is 1. The van der Waals surface area contributed by atoms with E-state index < -0.39 is 0 Å². The van der Waals surface area contributed by atoms with E-state index in [2.05, 4.69) is 10.3 Å². The molecule has 2 heterocycles. The first-order valence-corrected chi connectivity index (χ1v) is 7.98. The molecule has 0 unspecified atom stereocenters. The summed E-state index contributed by atoms with van der Waals surface area (Å²) in [6, 6.07) is 11.9. The largest absolute Gasteiger partial charge is 0.497 e. The number of rotatable bonds is 6. The second-order valence-corrected chi connectivity index (χ2v) is 5.83. The summed E-state index contributed by atoms with van der Waals surface area (Å²) in [6.07, 6.45) is 4.95. The molecule has 0 aliphatic rings. The minimum atomic E-state index is -0.0105. The maximum absolute atomic E-state index is 12.1. The number of carbonyl (C=O) groups is 1. The van der Waals surface area contributed by atoms with Crippen LogP contribution in [0.4, 0.5) is 0 Å². The van der Waals surface area contributed by atoms with Gasteiger partial charge in [-0.25, -0.2) is 4.98 Å². The molecule has 0 fully saturated rings. The summed E-state index contributed by atoms with van der Waals surface area (Å²) in [5.74, 6) is 0.827. The fourth-order valence-corrected chi connectivity index (χ4v) is 2.59. The van der Waals surface area contributed by atoms with Crippen LogP contribution in [-0.4, -0.2) is 28.9 Å². The number of benzene rings is 1. The highest BCUT2D eigenvalue weighted by Gasteiger charge is 2.07. The van der Waals surface area contributed by atoms with Crippen LogP contribution in [0.2, 0.25) is 0 Å². The second kappa shape index (κ2) is 7.17. The van der Waals surface area contributed by atoms with Crippen LogP contribution >= 0.6 is 0 Å². The Balaban J connectivity index is 1.51. The molecule has 0 bridgehead atoms. The molecule has 0 aliphatic carbocycles. The lowest BCUT2D eigenvalue weighted by atomic mass is 10.1. The van der Waals surface area contributed by atoms with Crippen LogP contribution in [0.25, 0.3) is 5.65 Å². The van der Waals surface area contributed by atoms with Gasteiger partial charge in [-0.1, -0.05) is 12.1 Å². The van der Waals surface area contributed by atoms with Crippen LogP contribution in [0.1, 0.15) is 16.8 Å². The van der Waals surface area contributed by atoms with E-state index in [1.807, 2.05) is 60.1 Å². The third-order valence-corrected chi connectivity index (χ3v) is 3.90. The lowest BCUT2D eigenvalue weighted by Gasteiger charge is -2.05. The van der Waals surface area contributed by atoms with E-state index in [0.29, 0.717) is 13.0 Å². The molecule has 1 N–H and O–H groups in total. The first kappa shape index (κ1) is 16.1. The molecule has 3 aromatic rings. The van der Waals surface area contributed by atoms with Gasteiger partial charge in [0.2, 0.25) is 5.91 Å². The van der Waals surface area contributed by atoms with Gasteiger partial charge in [0.1, 0.15) is 11.4 Å². The molecule has 24 heavy (non-hydrogen) atoms. The SMILES string of the molecule is COc1ccc(CCNC(=O)Cc2cn3ccc(C)cc3n2)cc1.